The molecule has 0 bridgehead atoms. The van der Waals surface area contributed by atoms with Crippen LogP contribution in [-0.2, 0) is 22.6 Å². The van der Waals surface area contributed by atoms with Crippen LogP contribution in [0, 0.1) is 5.92 Å². The molecule has 2 heterocycles. The average molecular weight is 362 g/mol. The lowest BCUT2D eigenvalue weighted by molar-refractivity contribution is -0.121. The van der Waals surface area contributed by atoms with Crippen LogP contribution in [0.3, 0.4) is 0 Å². The van der Waals surface area contributed by atoms with E-state index in [1.165, 1.54) is 11.3 Å². The Balaban J connectivity index is 1.46. The fraction of sp³-hybridized carbons (Fsp3) is 0.375. The van der Waals surface area contributed by atoms with Gasteiger partial charge in [0.2, 0.25) is 5.13 Å². The molecule has 3 aromatic rings. The van der Waals surface area contributed by atoms with Gasteiger partial charge in [0.25, 0.3) is 5.91 Å². The molecule has 1 aromatic carbocycles. The van der Waals surface area contributed by atoms with Gasteiger partial charge in [-0.15, -0.1) is 21.5 Å². The lowest BCUT2D eigenvalue weighted by atomic mass is 10.1. The summed E-state index contributed by atoms with van der Waals surface area (Å²) in [6.07, 6.45) is 0.863. The largest absolute Gasteiger partial charge is 0.364 e. The average Bonchev–Trinajstić information content (AvgIpc) is 3.12. The van der Waals surface area contributed by atoms with Crippen LogP contribution in [-0.4, -0.2) is 27.7 Å². The monoisotopic (exact) mass is 362 g/mol. The third-order valence-electron chi connectivity index (χ3n) is 3.09. The van der Waals surface area contributed by atoms with Gasteiger partial charge in [0.05, 0.1) is 16.8 Å². The quantitative estimate of drug-likeness (QED) is 0.696. The zero-order chi connectivity index (χ0) is 16.9. The van der Waals surface area contributed by atoms with E-state index in [4.69, 9.17) is 4.74 Å². The Morgan fingerprint density at radius 2 is 2.04 bits per heavy atom. The molecule has 0 unspecified atom stereocenters. The Kier molecular flexibility index (Phi) is 5.49. The molecule has 3 rings (SSSR count). The number of hydrogen-bond acceptors (Lipinski definition) is 7. The maximum absolute atomic E-state index is 11.9. The van der Waals surface area contributed by atoms with Crippen LogP contribution in [0.4, 0.5) is 5.13 Å². The second kappa shape index (κ2) is 7.78. The highest BCUT2D eigenvalue weighted by atomic mass is 32.1. The summed E-state index contributed by atoms with van der Waals surface area (Å²) < 4.78 is 6.56. The molecule has 1 N–H and O–H groups in total. The number of carbonyl (C=O) groups is 1. The molecule has 0 radical (unpaired) electrons. The summed E-state index contributed by atoms with van der Waals surface area (Å²) in [4.78, 5) is 16.4. The van der Waals surface area contributed by atoms with Crippen molar-refractivity contribution in [2.75, 3.05) is 11.9 Å². The lowest BCUT2D eigenvalue weighted by Crippen LogP contribution is -2.18. The topological polar surface area (TPSA) is 77.0 Å². The van der Waals surface area contributed by atoms with Gasteiger partial charge in [-0.25, -0.2) is 4.98 Å². The number of benzene rings is 1. The molecule has 6 nitrogen and oxygen atoms in total. The number of rotatable bonds is 7. The SMILES string of the molecule is CC(C)Cc1nnc(NC(=O)COCc2nc3ccccc3s2)s1. The van der Waals surface area contributed by atoms with Crippen LogP contribution in [0.15, 0.2) is 24.3 Å². The number of hydrogen-bond donors (Lipinski definition) is 1. The van der Waals surface area contributed by atoms with Crippen molar-refractivity contribution in [2.45, 2.75) is 26.9 Å². The third-order valence-corrected chi connectivity index (χ3v) is 4.96. The first-order valence-corrected chi connectivity index (χ1v) is 9.28. The smallest absolute Gasteiger partial charge is 0.252 e. The van der Waals surface area contributed by atoms with E-state index in [1.807, 2.05) is 24.3 Å². The van der Waals surface area contributed by atoms with E-state index in [1.54, 1.807) is 11.3 Å². The second-order valence-electron chi connectivity index (χ2n) is 5.72. The number of carbonyl (C=O) groups excluding carboxylic acids is 1. The van der Waals surface area contributed by atoms with Gasteiger partial charge in [-0.05, 0) is 18.1 Å². The number of thiazole rings is 1. The van der Waals surface area contributed by atoms with E-state index in [0.717, 1.165) is 26.7 Å². The van der Waals surface area contributed by atoms with Crippen molar-refractivity contribution in [3.8, 4) is 0 Å². The Labute approximate surface area is 147 Å². The Morgan fingerprint density at radius 3 is 2.83 bits per heavy atom. The summed E-state index contributed by atoms with van der Waals surface area (Å²) in [5.74, 6) is 0.280. The minimum atomic E-state index is -0.233. The van der Waals surface area contributed by atoms with E-state index in [9.17, 15) is 4.79 Å². The molecule has 8 heteroatoms. The van der Waals surface area contributed by atoms with Crippen LogP contribution in [0.25, 0.3) is 10.2 Å². The number of amides is 1. The molecule has 0 aliphatic carbocycles. The summed E-state index contributed by atoms with van der Waals surface area (Å²) in [7, 11) is 0. The minimum Gasteiger partial charge on any atom is -0.364 e. The first-order chi connectivity index (χ1) is 11.6. The fourth-order valence-electron chi connectivity index (χ4n) is 2.10. The number of anilines is 1. The number of nitrogens with one attached hydrogen (secondary N) is 1. The first-order valence-electron chi connectivity index (χ1n) is 7.64. The zero-order valence-electron chi connectivity index (χ0n) is 13.5. The number of ether oxygens (including phenoxy) is 1. The van der Waals surface area contributed by atoms with E-state index in [-0.39, 0.29) is 12.5 Å². The maximum Gasteiger partial charge on any atom is 0.252 e. The van der Waals surface area contributed by atoms with Crippen LogP contribution in [0.2, 0.25) is 0 Å². The molecule has 1 amide bonds. The van der Waals surface area contributed by atoms with Crippen molar-refractivity contribution in [3.05, 3.63) is 34.3 Å². The summed E-state index contributed by atoms with van der Waals surface area (Å²) >= 11 is 2.98. The van der Waals surface area contributed by atoms with Crippen LogP contribution < -0.4 is 5.32 Å². The summed E-state index contributed by atoms with van der Waals surface area (Å²) in [5.41, 5.74) is 0.956. The van der Waals surface area contributed by atoms with Crippen LogP contribution >= 0.6 is 22.7 Å². The molecule has 24 heavy (non-hydrogen) atoms. The fourth-order valence-corrected chi connectivity index (χ4v) is 3.98. The van der Waals surface area contributed by atoms with E-state index >= 15 is 0 Å². The standard InChI is InChI=1S/C16H18N4O2S2/c1-10(2)7-14-19-20-16(24-14)18-13(21)8-22-9-15-17-11-5-3-4-6-12(11)23-15/h3-6,10H,7-9H2,1-2H3,(H,18,20,21). The second-order valence-corrected chi connectivity index (χ2v) is 7.89. The van der Waals surface area contributed by atoms with Crippen LogP contribution in [0.1, 0.15) is 23.9 Å². The molecule has 0 spiro atoms. The molecule has 0 aliphatic rings. The van der Waals surface area contributed by atoms with Crippen molar-refractivity contribution < 1.29 is 9.53 Å². The predicted molar refractivity (Wildman–Crippen MR) is 96.4 cm³/mol. The van der Waals surface area contributed by atoms with Crippen molar-refractivity contribution in [3.63, 3.8) is 0 Å². The van der Waals surface area contributed by atoms with Crippen molar-refractivity contribution >= 4 is 43.9 Å². The molecule has 0 aliphatic heterocycles. The summed E-state index contributed by atoms with van der Waals surface area (Å²) in [6, 6.07) is 7.92. The van der Waals surface area contributed by atoms with Gasteiger partial charge in [-0.2, -0.15) is 0 Å². The van der Waals surface area contributed by atoms with Crippen molar-refractivity contribution in [1.82, 2.24) is 15.2 Å². The number of aromatic nitrogens is 3. The third kappa shape index (κ3) is 4.56. The molecule has 0 fully saturated rings. The number of nitrogens with zero attached hydrogens (tertiary/aromatic N) is 3. The van der Waals surface area contributed by atoms with Crippen LogP contribution in [0.5, 0.6) is 0 Å². The molecule has 0 saturated heterocycles. The Hall–Kier alpha value is -1.90. The van der Waals surface area contributed by atoms with Gasteiger partial charge >= 0.3 is 0 Å². The van der Waals surface area contributed by atoms with Gasteiger partial charge in [0.1, 0.15) is 16.6 Å². The molecular weight excluding hydrogens is 344 g/mol. The summed E-state index contributed by atoms with van der Waals surface area (Å²) in [6.45, 7) is 4.53. The predicted octanol–water partition coefficient (Wildman–Crippen LogP) is 3.50. The zero-order valence-corrected chi connectivity index (χ0v) is 15.1. The van der Waals surface area contributed by atoms with E-state index in [2.05, 4.69) is 34.3 Å². The first kappa shape index (κ1) is 16.9. The number of fused-ring (bicyclic) bond motifs is 1. The van der Waals surface area contributed by atoms with Crippen molar-refractivity contribution in [1.29, 1.82) is 0 Å². The van der Waals surface area contributed by atoms with Gasteiger partial charge in [0.15, 0.2) is 0 Å². The normalized spacial score (nSPS) is 11.3. The van der Waals surface area contributed by atoms with Gasteiger partial charge in [-0.3, -0.25) is 10.1 Å². The molecular formula is C16H18N4O2S2. The lowest BCUT2D eigenvalue weighted by Gasteiger charge is -2.01. The van der Waals surface area contributed by atoms with Crippen molar-refractivity contribution in [2.24, 2.45) is 5.92 Å². The number of para-hydroxylation sites is 1. The highest BCUT2D eigenvalue weighted by molar-refractivity contribution is 7.18. The molecule has 0 saturated carbocycles. The highest BCUT2D eigenvalue weighted by Crippen LogP contribution is 2.22. The molecule has 0 atom stereocenters. The minimum absolute atomic E-state index is 0.0327. The summed E-state index contributed by atoms with van der Waals surface area (Å²) in [5, 5.41) is 13.1. The van der Waals surface area contributed by atoms with Gasteiger partial charge in [-0.1, -0.05) is 37.3 Å². The molecule has 126 valence electrons. The van der Waals surface area contributed by atoms with Gasteiger partial charge < -0.3 is 4.74 Å². The van der Waals surface area contributed by atoms with E-state index in [0.29, 0.717) is 17.7 Å². The van der Waals surface area contributed by atoms with E-state index < -0.39 is 0 Å². The maximum atomic E-state index is 11.9. The Morgan fingerprint density at radius 1 is 1.21 bits per heavy atom. The van der Waals surface area contributed by atoms with Gasteiger partial charge in [0, 0.05) is 6.42 Å². The molecule has 2 aromatic heterocycles. The highest BCUT2D eigenvalue weighted by Gasteiger charge is 2.10. The Bertz CT molecular complexity index is 795.